The summed E-state index contributed by atoms with van der Waals surface area (Å²) in [4.78, 5) is 20.8. The van der Waals surface area contributed by atoms with Crippen LogP contribution >= 0.6 is 0 Å². The van der Waals surface area contributed by atoms with E-state index in [2.05, 4.69) is 22.1 Å². The average molecular weight is 321 g/mol. The van der Waals surface area contributed by atoms with E-state index in [0.29, 0.717) is 12.6 Å². The lowest BCUT2D eigenvalue weighted by atomic mass is 10.1. The first-order valence-corrected chi connectivity index (χ1v) is 8.56. The van der Waals surface area contributed by atoms with E-state index in [4.69, 9.17) is 4.74 Å². The van der Waals surface area contributed by atoms with Crippen molar-refractivity contribution < 1.29 is 9.53 Å². The number of piperazine rings is 1. The van der Waals surface area contributed by atoms with Crippen molar-refractivity contribution in [2.75, 3.05) is 45.9 Å². The van der Waals surface area contributed by atoms with Crippen LogP contribution in [-0.2, 0) is 4.74 Å². The van der Waals surface area contributed by atoms with E-state index in [1.807, 2.05) is 15.7 Å². The fraction of sp³-hybridized carbons (Fsp3) is 0.750. The molecule has 2 amide bonds. The van der Waals surface area contributed by atoms with Crippen LogP contribution in [0.3, 0.4) is 0 Å². The second kappa shape index (κ2) is 7.79. The number of hydrogen-bond acceptors (Lipinski definition) is 4. The molecule has 0 bridgehead atoms. The molecule has 1 N–H and O–H groups in total. The Morgan fingerprint density at radius 1 is 1.30 bits per heavy atom. The highest BCUT2D eigenvalue weighted by Gasteiger charge is 2.27. The molecule has 0 aliphatic carbocycles. The third-order valence-electron chi connectivity index (χ3n) is 4.89. The zero-order valence-corrected chi connectivity index (χ0v) is 13.9. The smallest absolute Gasteiger partial charge is 0.317 e. The number of ether oxygens (including phenoxy) is 1. The summed E-state index contributed by atoms with van der Waals surface area (Å²) in [6, 6.07) is 0.892. The molecule has 2 aliphatic heterocycles. The summed E-state index contributed by atoms with van der Waals surface area (Å²) >= 11 is 0. The molecular formula is C16H27N5O2. The lowest BCUT2D eigenvalue weighted by molar-refractivity contribution is 0.0187. The van der Waals surface area contributed by atoms with E-state index >= 15 is 0 Å². The van der Waals surface area contributed by atoms with Crippen LogP contribution in [0, 0.1) is 0 Å². The standard InChI is InChI=1S/C16H27N5O2/c1-14(21-5-4-17-13-21)12-18-16(22)20-8-6-19(7-9-20)15-2-10-23-11-3-15/h4-5,13-15H,2-3,6-12H2,1H3,(H,18,22)/t14-/m0/s1. The first-order chi connectivity index (χ1) is 11.2. The first-order valence-electron chi connectivity index (χ1n) is 8.56. The van der Waals surface area contributed by atoms with Crippen LogP contribution in [0.2, 0.25) is 0 Å². The highest BCUT2D eigenvalue weighted by atomic mass is 16.5. The molecule has 2 aliphatic rings. The second-order valence-electron chi connectivity index (χ2n) is 6.41. The normalized spacial score (nSPS) is 22.0. The molecule has 3 rings (SSSR count). The Kier molecular flexibility index (Phi) is 5.51. The van der Waals surface area contributed by atoms with Crippen LogP contribution in [0.5, 0.6) is 0 Å². The van der Waals surface area contributed by atoms with Gasteiger partial charge in [-0.05, 0) is 19.8 Å². The van der Waals surface area contributed by atoms with Gasteiger partial charge in [0.05, 0.1) is 6.33 Å². The highest BCUT2D eigenvalue weighted by molar-refractivity contribution is 5.74. The maximum atomic E-state index is 12.3. The first kappa shape index (κ1) is 16.3. The highest BCUT2D eigenvalue weighted by Crippen LogP contribution is 2.16. The van der Waals surface area contributed by atoms with E-state index in [1.165, 1.54) is 0 Å². The minimum Gasteiger partial charge on any atom is -0.381 e. The van der Waals surface area contributed by atoms with E-state index in [0.717, 1.165) is 52.2 Å². The number of rotatable bonds is 4. The molecule has 2 saturated heterocycles. The Labute approximate surface area is 137 Å². The zero-order chi connectivity index (χ0) is 16.1. The van der Waals surface area contributed by atoms with Gasteiger partial charge in [-0.3, -0.25) is 4.90 Å². The summed E-state index contributed by atoms with van der Waals surface area (Å²) < 4.78 is 7.43. The summed E-state index contributed by atoms with van der Waals surface area (Å²) in [6.07, 6.45) is 7.70. The van der Waals surface area contributed by atoms with Gasteiger partial charge in [0.15, 0.2) is 0 Å². The van der Waals surface area contributed by atoms with Gasteiger partial charge in [0.25, 0.3) is 0 Å². The summed E-state index contributed by atoms with van der Waals surface area (Å²) in [7, 11) is 0. The largest absolute Gasteiger partial charge is 0.381 e. The molecule has 0 spiro atoms. The van der Waals surface area contributed by atoms with Gasteiger partial charge in [0, 0.05) is 70.4 Å². The molecule has 0 aromatic carbocycles. The molecule has 0 radical (unpaired) electrons. The van der Waals surface area contributed by atoms with Crippen molar-refractivity contribution in [3.05, 3.63) is 18.7 Å². The van der Waals surface area contributed by atoms with Gasteiger partial charge in [-0.1, -0.05) is 0 Å². The topological polar surface area (TPSA) is 62.6 Å². The molecule has 23 heavy (non-hydrogen) atoms. The van der Waals surface area contributed by atoms with Gasteiger partial charge < -0.3 is 19.5 Å². The Morgan fingerprint density at radius 3 is 2.70 bits per heavy atom. The number of hydrogen-bond donors (Lipinski definition) is 1. The zero-order valence-electron chi connectivity index (χ0n) is 13.9. The van der Waals surface area contributed by atoms with Crippen molar-refractivity contribution in [2.24, 2.45) is 0 Å². The Hall–Kier alpha value is -1.60. The molecule has 0 unspecified atom stereocenters. The van der Waals surface area contributed by atoms with Crippen LogP contribution in [0.4, 0.5) is 4.79 Å². The van der Waals surface area contributed by atoms with Crippen LogP contribution in [-0.4, -0.2) is 77.4 Å². The van der Waals surface area contributed by atoms with E-state index < -0.39 is 0 Å². The Balaban J connectivity index is 1.39. The van der Waals surface area contributed by atoms with Gasteiger partial charge in [-0.25, -0.2) is 9.78 Å². The van der Waals surface area contributed by atoms with Gasteiger partial charge in [-0.2, -0.15) is 0 Å². The van der Waals surface area contributed by atoms with Crippen LogP contribution in [0.25, 0.3) is 0 Å². The van der Waals surface area contributed by atoms with Crippen molar-refractivity contribution >= 4 is 6.03 Å². The maximum absolute atomic E-state index is 12.3. The van der Waals surface area contributed by atoms with Crippen molar-refractivity contribution in [1.29, 1.82) is 0 Å². The van der Waals surface area contributed by atoms with Crippen molar-refractivity contribution in [1.82, 2.24) is 24.7 Å². The molecule has 1 aromatic rings. The minimum absolute atomic E-state index is 0.0450. The van der Waals surface area contributed by atoms with E-state index in [-0.39, 0.29) is 12.1 Å². The Morgan fingerprint density at radius 2 is 2.04 bits per heavy atom. The Bertz CT molecular complexity index is 479. The fourth-order valence-corrected chi connectivity index (χ4v) is 3.32. The molecule has 0 saturated carbocycles. The monoisotopic (exact) mass is 321 g/mol. The number of amides is 2. The van der Waals surface area contributed by atoms with Crippen LogP contribution < -0.4 is 5.32 Å². The quantitative estimate of drug-likeness (QED) is 0.897. The van der Waals surface area contributed by atoms with Crippen LogP contribution in [0.1, 0.15) is 25.8 Å². The summed E-state index contributed by atoms with van der Waals surface area (Å²) in [5.41, 5.74) is 0. The van der Waals surface area contributed by atoms with E-state index in [1.54, 1.807) is 12.5 Å². The predicted octanol–water partition coefficient (Wildman–Crippen LogP) is 0.950. The number of nitrogens with one attached hydrogen (secondary N) is 1. The number of aromatic nitrogens is 2. The summed E-state index contributed by atoms with van der Waals surface area (Å²) in [6.45, 7) is 7.99. The third kappa shape index (κ3) is 4.23. The summed E-state index contributed by atoms with van der Waals surface area (Å²) in [5, 5.41) is 3.03. The SMILES string of the molecule is C[C@@H](CNC(=O)N1CCN(C2CCOCC2)CC1)n1ccnc1. The lowest BCUT2D eigenvalue weighted by Gasteiger charge is -2.40. The van der Waals surface area contributed by atoms with Crippen molar-refractivity contribution in [2.45, 2.75) is 31.8 Å². The summed E-state index contributed by atoms with van der Waals surface area (Å²) in [5.74, 6) is 0. The molecule has 2 fully saturated rings. The molecule has 1 aromatic heterocycles. The number of imidazole rings is 1. The molecule has 1 atom stereocenters. The molecule has 7 nitrogen and oxygen atoms in total. The molecule has 7 heteroatoms. The molecule has 3 heterocycles. The molecule has 128 valence electrons. The van der Waals surface area contributed by atoms with Gasteiger partial charge >= 0.3 is 6.03 Å². The fourth-order valence-electron chi connectivity index (χ4n) is 3.32. The number of carbonyl (C=O) groups excluding carboxylic acids is 1. The van der Waals surface area contributed by atoms with Gasteiger partial charge in [0.2, 0.25) is 0 Å². The van der Waals surface area contributed by atoms with Crippen molar-refractivity contribution in [3.63, 3.8) is 0 Å². The third-order valence-corrected chi connectivity index (χ3v) is 4.89. The van der Waals surface area contributed by atoms with Crippen LogP contribution in [0.15, 0.2) is 18.7 Å². The maximum Gasteiger partial charge on any atom is 0.317 e. The minimum atomic E-state index is 0.0450. The van der Waals surface area contributed by atoms with Gasteiger partial charge in [-0.15, -0.1) is 0 Å². The lowest BCUT2D eigenvalue weighted by Crippen LogP contribution is -2.55. The predicted molar refractivity (Wildman–Crippen MR) is 87.3 cm³/mol. The second-order valence-corrected chi connectivity index (χ2v) is 6.41. The average Bonchev–Trinajstić information content (AvgIpc) is 3.15. The van der Waals surface area contributed by atoms with Gasteiger partial charge in [0.1, 0.15) is 0 Å². The number of nitrogens with zero attached hydrogens (tertiary/aromatic N) is 4. The molecular weight excluding hydrogens is 294 g/mol. The number of urea groups is 1. The number of carbonyl (C=O) groups is 1. The van der Waals surface area contributed by atoms with E-state index in [9.17, 15) is 4.79 Å². The van der Waals surface area contributed by atoms with Crippen molar-refractivity contribution in [3.8, 4) is 0 Å².